The third kappa shape index (κ3) is 1.33. The van der Waals surface area contributed by atoms with Crippen molar-refractivity contribution in [3.05, 3.63) is 36.7 Å². The summed E-state index contributed by atoms with van der Waals surface area (Å²) in [5.41, 5.74) is 1.14. The second kappa shape index (κ2) is 3.01. The van der Waals surface area contributed by atoms with Crippen molar-refractivity contribution >= 4 is 0 Å². The second-order valence-electron chi connectivity index (χ2n) is 3.03. The van der Waals surface area contributed by atoms with Crippen LogP contribution in [0.25, 0.3) is 11.4 Å². The number of nitrogens with zero attached hydrogens (tertiary/aromatic N) is 3. The highest BCUT2D eigenvalue weighted by Gasteiger charge is 2.12. The summed E-state index contributed by atoms with van der Waals surface area (Å²) in [6, 6.07) is 10.2. The molecule has 0 aliphatic heterocycles. The van der Waals surface area contributed by atoms with Crippen molar-refractivity contribution in [1.82, 2.24) is 9.67 Å². The number of aryl methyl sites for hydroxylation is 1. The van der Waals surface area contributed by atoms with Crippen molar-refractivity contribution < 1.29 is 4.68 Å². The molecule has 1 aromatic heterocycles. The van der Waals surface area contributed by atoms with Gasteiger partial charge in [0, 0.05) is 5.56 Å². The smallest absolute Gasteiger partial charge is 0.178 e. The monoisotopic (exact) mass is 174 g/mol. The van der Waals surface area contributed by atoms with Gasteiger partial charge in [0.15, 0.2) is 0 Å². The predicted molar refractivity (Wildman–Crippen MR) is 49.8 cm³/mol. The van der Waals surface area contributed by atoms with Gasteiger partial charge in [-0.2, -0.15) is 9.36 Å². The van der Waals surface area contributed by atoms with Crippen molar-refractivity contribution in [2.75, 3.05) is 0 Å². The Morgan fingerprint density at radius 3 is 2.46 bits per heavy atom. The van der Waals surface area contributed by atoms with Crippen LogP contribution in [0, 0.1) is 0 Å². The molecule has 0 atom stereocenters. The van der Waals surface area contributed by atoms with E-state index in [0.29, 0.717) is 0 Å². The summed E-state index contributed by atoms with van der Waals surface area (Å²) in [6.07, 6.45) is 1.81. The summed E-state index contributed by atoms with van der Waals surface area (Å²) in [4.78, 5) is 4.31. The minimum absolute atomic E-state index is 0.989. The number of rotatable bonds is 1. The molecule has 3 nitrogen and oxygen atoms in total. The first kappa shape index (κ1) is 7.98. The van der Waals surface area contributed by atoms with Crippen LogP contribution < -0.4 is 4.68 Å². The highest BCUT2D eigenvalue weighted by atomic mass is 15.4. The lowest BCUT2D eigenvalue weighted by Crippen LogP contribution is -2.36. The number of hydrogen-bond acceptors (Lipinski definition) is 1. The highest BCUT2D eigenvalue weighted by Crippen LogP contribution is 2.12. The Kier molecular flexibility index (Phi) is 1.85. The molecule has 0 radical (unpaired) electrons. The van der Waals surface area contributed by atoms with Crippen molar-refractivity contribution in [2.24, 2.45) is 14.1 Å². The van der Waals surface area contributed by atoms with E-state index >= 15 is 0 Å². The van der Waals surface area contributed by atoms with Crippen molar-refractivity contribution in [1.29, 1.82) is 0 Å². The molecule has 0 spiro atoms. The van der Waals surface area contributed by atoms with E-state index in [0.717, 1.165) is 11.4 Å². The summed E-state index contributed by atoms with van der Waals surface area (Å²) >= 11 is 0. The van der Waals surface area contributed by atoms with Gasteiger partial charge in [-0.3, -0.25) is 0 Å². The minimum atomic E-state index is 0.989. The number of hydrogen-bond donors (Lipinski definition) is 0. The maximum atomic E-state index is 4.31. The molecule has 0 bridgehead atoms. The molecule has 1 heterocycles. The Morgan fingerprint density at radius 1 is 1.23 bits per heavy atom. The maximum absolute atomic E-state index is 4.31. The second-order valence-corrected chi connectivity index (χ2v) is 3.03. The van der Waals surface area contributed by atoms with Crippen LogP contribution in [-0.4, -0.2) is 9.67 Å². The molecule has 0 fully saturated rings. The molecule has 0 aliphatic carbocycles. The molecule has 0 saturated heterocycles. The van der Waals surface area contributed by atoms with Gasteiger partial charge in [0.1, 0.15) is 7.05 Å². The maximum Gasteiger partial charge on any atom is 0.307 e. The average molecular weight is 174 g/mol. The first-order valence-corrected chi connectivity index (χ1v) is 4.22. The Bertz CT molecular complexity index is 403. The molecular weight excluding hydrogens is 162 g/mol. The van der Waals surface area contributed by atoms with Crippen LogP contribution in [0.15, 0.2) is 36.7 Å². The summed E-state index contributed by atoms with van der Waals surface area (Å²) in [5.74, 6) is 0.989. The van der Waals surface area contributed by atoms with Crippen LogP contribution in [0.1, 0.15) is 0 Å². The fourth-order valence-corrected chi connectivity index (χ4v) is 1.30. The Labute approximate surface area is 77.3 Å². The summed E-state index contributed by atoms with van der Waals surface area (Å²) in [7, 11) is 3.97. The quantitative estimate of drug-likeness (QED) is 0.589. The first-order chi connectivity index (χ1) is 6.29. The van der Waals surface area contributed by atoms with E-state index in [4.69, 9.17) is 0 Å². The van der Waals surface area contributed by atoms with Crippen LogP contribution in [0.3, 0.4) is 0 Å². The molecule has 2 rings (SSSR count). The lowest BCUT2D eigenvalue weighted by atomic mass is 10.2. The van der Waals surface area contributed by atoms with Crippen LogP contribution in [-0.2, 0) is 14.1 Å². The molecule has 0 unspecified atom stereocenters. The summed E-state index contributed by atoms with van der Waals surface area (Å²) < 4.78 is 3.96. The molecule has 0 saturated carbocycles. The predicted octanol–water partition coefficient (Wildman–Crippen LogP) is 0.912. The van der Waals surface area contributed by atoms with Gasteiger partial charge in [0.2, 0.25) is 0 Å². The molecule has 2 aromatic rings. The van der Waals surface area contributed by atoms with Crippen molar-refractivity contribution in [3.8, 4) is 11.4 Å². The van der Waals surface area contributed by atoms with E-state index < -0.39 is 0 Å². The van der Waals surface area contributed by atoms with Crippen LogP contribution >= 0.6 is 0 Å². The van der Waals surface area contributed by atoms with Gasteiger partial charge in [0.25, 0.3) is 5.82 Å². The molecule has 1 aromatic carbocycles. The summed E-state index contributed by atoms with van der Waals surface area (Å²) in [5, 5.41) is 0. The van der Waals surface area contributed by atoms with Gasteiger partial charge in [-0.05, 0) is 17.1 Å². The third-order valence-corrected chi connectivity index (χ3v) is 2.16. The first-order valence-electron chi connectivity index (χ1n) is 4.22. The number of aromatic nitrogens is 3. The molecule has 66 valence electrons. The van der Waals surface area contributed by atoms with E-state index in [1.165, 1.54) is 0 Å². The fraction of sp³-hybridized carbons (Fsp3) is 0.200. The zero-order chi connectivity index (χ0) is 9.26. The molecule has 0 N–H and O–H groups in total. The summed E-state index contributed by atoms with van der Waals surface area (Å²) in [6.45, 7) is 0. The van der Waals surface area contributed by atoms with E-state index in [1.54, 1.807) is 0 Å². The van der Waals surface area contributed by atoms with Gasteiger partial charge in [-0.1, -0.05) is 18.2 Å². The lowest BCUT2D eigenvalue weighted by molar-refractivity contribution is -0.751. The fourth-order valence-electron chi connectivity index (χ4n) is 1.30. The molecule has 13 heavy (non-hydrogen) atoms. The molecule has 0 amide bonds. The SMILES string of the molecule is Cn1c(-c2ccccc2)nc[n+]1C. The van der Waals surface area contributed by atoms with Gasteiger partial charge < -0.3 is 0 Å². The highest BCUT2D eigenvalue weighted by molar-refractivity contribution is 5.53. The van der Waals surface area contributed by atoms with Gasteiger partial charge in [0.05, 0.1) is 7.05 Å². The lowest BCUT2D eigenvalue weighted by Gasteiger charge is -1.95. The van der Waals surface area contributed by atoms with Gasteiger partial charge in [-0.15, -0.1) is 0 Å². The van der Waals surface area contributed by atoms with Crippen LogP contribution in [0.2, 0.25) is 0 Å². The Hall–Kier alpha value is -1.64. The molecule has 3 heteroatoms. The zero-order valence-electron chi connectivity index (χ0n) is 7.81. The Balaban J connectivity index is 2.53. The van der Waals surface area contributed by atoms with E-state index in [2.05, 4.69) is 17.1 Å². The van der Waals surface area contributed by atoms with Crippen molar-refractivity contribution in [3.63, 3.8) is 0 Å². The zero-order valence-corrected chi connectivity index (χ0v) is 7.81. The standard InChI is InChI=1S/C10H12N3/c1-12-8-11-10(13(12)2)9-6-4-3-5-7-9/h3-8H,1-2H3/q+1. The third-order valence-electron chi connectivity index (χ3n) is 2.16. The van der Waals surface area contributed by atoms with Crippen LogP contribution in [0.5, 0.6) is 0 Å². The normalized spacial score (nSPS) is 10.3. The minimum Gasteiger partial charge on any atom is -0.178 e. The van der Waals surface area contributed by atoms with E-state index in [9.17, 15) is 0 Å². The molecule has 0 aliphatic rings. The van der Waals surface area contributed by atoms with Gasteiger partial charge >= 0.3 is 6.33 Å². The number of benzene rings is 1. The van der Waals surface area contributed by atoms with Crippen LogP contribution in [0.4, 0.5) is 0 Å². The van der Waals surface area contributed by atoms with Crippen molar-refractivity contribution in [2.45, 2.75) is 0 Å². The van der Waals surface area contributed by atoms with E-state index in [1.807, 2.05) is 48.0 Å². The Morgan fingerprint density at radius 2 is 1.92 bits per heavy atom. The molecular formula is C10H12N3+. The topological polar surface area (TPSA) is 21.7 Å². The average Bonchev–Trinajstić information content (AvgIpc) is 2.49. The van der Waals surface area contributed by atoms with Gasteiger partial charge in [-0.25, -0.2) is 0 Å². The van der Waals surface area contributed by atoms with E-state index in [-0.39, 0.29) is 0 Å². The largest absolute Gasteiger partial charge is 0.307 e.